The summed E-state index contributed by atoms with van der Waals surface area (Å²) >= 11 is 0. The fourth-order valence-corrected chi connectivity index (χ4v) is 1.67. The van der Waals surface area contributed by atoms with Crippen molar-refractivity contribution >= 4 is 0 Å². The van der Waals surface area contributed by atoms with Crippen LogP contribution in [0.1, 0.15) is 23.6 Å². The Labute approximate surface area is 125 Å². The molecule has 1 aromatic rings. The number of aromatic nitrogens is 2. The molecule has 0 aliphatic rings. The summed E-state index contributed by atoms with van der Waals surface area (Å²) in [5.74, 6) is 0. The van der Waals surface area contributed by atoms with Crippen molar-refractivity contribution in [3.63, 3.8) is 0 Å². The van der Waals surface area contributed by atoms with Gasteiger partial charge in [0.25, 0.3) is 0 Å². The van der Waals surface area contributed by atoms with Crippen LogP contribution < -0.4 is 0 Å². The molecule has 10 nitrogen and oxygen atoms in total. The average molecular weight is 320 g/mol. The largest absolute Gasteiger partial charge is 0.394 e. The quantitative estimate of drug-likeness (QED) is 0.234. The van der Waals surface area contributed by atoms with Crippen LogP contribution in [0.15, 0.2) is 12.4 Å². The van der Waals surface area contributed by atoms with Crippen LogP contribution in [0.25, 0.3) is 0 Å². The first-order valence-electron chi connectivity index (χ1n) is 6.45. The van der Waals surface area contributed by atoms with E-state index in [1.807, 2.05) is 0 Å². The molecule has 1 rings (SSSR count). The summed E-state index contributed by atoms with van der Waals surface area (Å²) in [6.07, 6.45) is -7.95. The second-order valence-corrected chi connectivity index (χ2v) is 4.74. The molecular formula is C12H20N2O8. The highest BCUT2D eigenvalue weighted by Gasteiger charge is 2.30. The summed E-state index contributed by atoms with van der Waals surface area (Å²) in [6, 6.07) is 0. The summed E-state index contributed by atoms with van der Waals surface area (Å²) in [5, 5.41) is 74.8. The minimum Gasteiger partial charge on any atom is -0.394 e. The van der Waals surface area contributed by atoms with Gasteiger partial charge in [0, 0.05) is 0 Å². The first kappa shape index (κ1) is 18.8. The second-order valence-electron chi connectivity index (χ2n) is 4.74. The fraction of sp³-hybridized carbons (Fsp3) is 0.667. The van der Waals surface area contributed by atoms with E-state index in [-0.39, 0.29) is 11.4 Å². The molecule has 22 heavy (non-hydrogen) atoms. The van der Waals surface area contributed by atoms with Crippen LogP contribution >= 0.6 is 0 Å². The normalized spacial score (nSPS) is 20.0. The molecule has 0 fully saturated rings. The Bertz CT molecular complexity index is 425. The summed E-state index contributed by atoms with van der Waals surface area (Å²) in [6.45, 7) is -1.56. The van der Waals surface area contributed by atoms with Gasteiger partial charge in [-0.15, -0.1) is 0 Å². The monoisotopic (exact) mass is 320 g/mol. The number of nitrogens with zero attached hydrogens (tertiary/aromatic N) is 2. The van der Waals surface area contributed by atoms with Crippen molar-refractivity contribution < 1.29 is 40.9 Å². The molecule has 0 saturated carbocycles. The Morgan fingerprint density at radius 3 is 1.41 bits per heavy atom. The van der Waals surface area contributed by atoms with Crippen molar-refractivity contribution in [3.05, 3.63) is 23.8 Å². The summed E-state index contributed by atoms with van der Waals surface area (Å²) in [7, 11) is 0. The molecule has 0 amide bonds. The van der Waals surface area contributed by atoms with Gasteiger partial charge in [0.2, 0.25) is 0 Å². The van der Waals surface area contributed by atoms with Crippen molar-refractivity contribution in [3.8, 4) is 0 Å². The number of aliphatic hydroxyl groups excluding tert-OH is 8. The molecule has 0 saturated heterocycles. The van der Waals surface area contributed by atoms with Crippen molar-refractivity contribution in [2.75, 3.05) is 13.2 Å². The maximum atomic E-state index is 9.83. The zero-order valence-electron chi connectivity index (χ0n) is 11.5. The maximum absolute atomic E-state index is 9.83. The third-order valence-corrected chi connectivity index (χ3v) is 3.09. The van der Waals surface area contributed by atoms with Gasteiger partial charge in [-0.3, -0.25) is 4.98 Å². The van der Waals surface area contributed by atoms with Crippen molar-refractivity contribution in [1.29, 1.82) is 0 Å². The Morgan fingerprint density at radius 1 is 0.727 bits per heavy atom. The zero-order valence-corrected chi connectivity index (χ0v) is 11.5. The predicted molar refractivity (Wildman–Crippen MR) is 70.2 cm³/mol. The van der Waals surface area contributed by atoms with Crippen LogP contribution in [0, 0.1) is 0 Å². The predicted octanol–water partition coefficient (Wildman–Crippen LogP) is -4.03. The lowest BCUT2D eigenvalue weighted by Gasteiger charge is -2.23. The van der Waals surface area contributed by atoms with E-state index in [9.17, 15) is 30.6 Å². The van der Waals surface area contributed by atoms with Gasteiger partial charge in [0.15, 0.2) is 0 Å². The zero-order chi connectivity index (χ0) is 16.9. The minimum atomic E-state index is -1.74. The van der Waals surface area contributed by atoms with Gasteiger partial charge < -0.3 is 40.9 Å². The molecule has 0 aliphatic heterocycles. The molecule has 10 heteroatoms. The van der Waals surface area contributed by atoms with Crippen LogP contribution in [0.3, 0.4) is 0 Å². The highest BCUT2D eigenvalue weighted by molar-refractivity contribution is 5.11. The number of hydrogen-bond donors (Lipinski definition) is 8. The van der Waals surface area contributed by atoms with Gasteiger partial charge in [-0.25, -0.2) is 4.98 Å². The molecule has 0 bridgehead atoms. The molecule has 126 valence electrons. The standard InChI is InChI=1S/C12H20N2O8/c15-3-7(17)11(21)9(19)5-1-13-2-6(14-5)10(20)12(22)8(18)4-16/h1-2,7-12,15-22H,3-4H2/t7-,8-,9+,10+,11-,12-/m0/s1. The Kier molecular flexibility index (Phi) is 7.19. The molecule has 6 atom stereocenters. The molecule has 0 spiro atoms. The van der Waals surface area contributed by atoms with Crippen LogP contribution in [0.5, 0.6) is 0 Å². The number of rotatable bonds is 8. The van der Waals surface area contributed by atoms with Crippen molar-refractivity contribution in [1.82, 2.24) is 9.97 Å². The maximum Gasteiger partial charge on any atom is 0.126 e. The first-order chi connectivity index (χ1) is 10.3. The van der Waals surface area contributed by atoms with E-state index in [4.69, 9.17) is 10.2 Å². The van der Waals surface area contributed by atoms with Gasteiger partial charge >= 0.3 is 0 Å². The molecule has 8 N–H and O–H groups in total. The van der Waals surface area contributed by atoms with Crippen LogP contribution in [-0.4, -0.2) is 88.4 Å². The van der Waals surface area contributed by atoms with Crippen molar-refractivity contribution in [2.45, 2.75) is 36.6 Å². The van der Waals surface area contributed by atoms with Crippen LogP contribution in [0.2, 0.25) is 0 Å². The highest BCUT2D eigenvalue weighted by Crippen LogP contribution is 2.21. The van der Waals surface area contributed by atoms with Gasteiger partial charge in [0.05, 0.1) is 37.0 Å². The minimum absolute atomic E-state index is 0.220. The smallest absolute Gasteiger partial charge is 0.126 e. The van der Waals surface area contributed by atoms with E-state index in [0.717, 1.165) is 12.4 Å². The summed E-state index contributed by atoms with van der Waals surface area (Å²) < 4.78 is 0. The molecule has 0 unspecified atom stereocenters. The fourth-order valence-electron chi connectivity index (χ4n) is 1.67. The third kappa shape index (κ3) is 4.38. The lowest BCUT2D eigenvalue weighted by atomic mass is 10.0. The topological polar surface area (TPSA) is 188 Å². The van der Waals surface area contributed by atoms with E-state index >= 15 is 0 Å². The Morgan fingerprint density at radius 2 is 1.09 bits per heavy atom. The summed E-state index contributed by atoms with van der Waals surface area (Å²) in [4.78, 5) is 7.45. The molecule has 0 aromatic carbocycles. The molecule has 0 aliphatic carbocycles. The molecule has 0 radical (unpaired) electrons. The van der Waals surface area contributed by atoms with E-state index in [2.05, 4.69) is 9.97 Å². The third-order valence-electron chi connectivity index (χ3n) is 3.09. The second kappa shape index (κ2) is 8.41. The Hall–Kier alpha value is -1.24. The van der Waals surface area contributed by atoms with E-state index < -0.39 is 49.8 Å². The van der Waals surface area contributed by atoms with E-state index in [1.54, 1.807) is 0 Å². The van der Waals surface area contributed by atoms with Gasteiger partial charge in [-0.2, -0.15) is 0 Å². The summed E-state index contributed by atoms with van der Waals surface area (Å²) in [5.41, 5.74) is -0.440. The number of hydrogen-bond acceptors (Lipinski definition) is 10. The molecule has 1 aromatic heterocycles. The Balaban J connectivity index is 2.94. The van der Waals surface area contributed by atoms with Gasteiger partial charge in [-0.05, 0) is 0 Å². The van der Waals surface area contributed by atoms with Crippen molar-refractivity contribution in [2.24, 2.45) is 0 Å². The van der Waals surface area contributed by atoms with Gasteiger partial charge in [-0.1, -0.05) is 0 Å². The van der Waals surface area contributed by atoms with Crippen LogP contribution in [0.4, 0.5) is 0 Å². The highest BCUT2D eigenvalue weighted by atomic mass is 16.4. The number of aliphatic hydroxyl groups is 8. The average Bonchev–Trinajstić information content (AvgIpc) is 2.57. The SMILES string of the molecule is OC[C@H](O)[C@H](O)[C@H](O)c1cncc([C@@H](O)[C@@H](O)[C@@H](O)CO)n1. The molecular weight excluding hydrogens is 300 g/mol. The van der Waals surface area contributed by atoms with E-state index in [1.165, 1.54) is 0 Å². The lowest BCUT2D eigenvalue weighted by molar-refractivity contribution is -0.0826. The van der Waals surface area contributed by atoms with Gasteiger partial charge in [0.1, 0.15) is 36.6 Å². The molecule has 1 heterocycles. The lowest BCUT2D eigenvalue weighted by Crippen LogP contribution is -2.36. The first-order valence-corrected chi connectivity index (χ1v) is 6.45. The van der Waals surface area contributed by atoms with E-state index in [0.29, 0.717) is 0 Å². The van der Waals surface area contributed by atoms with Crippen LogP contribution in [-0.2, 0) is 0 Å².